The molecule has 1 heterocycles. The van der Waals surface area contributed by atoms with Crippen LogP contribution in [0.25, 0.3) is 0 Å². The number of esters is 1. The molecule has 0 saturated carbocycles. The van der Waals surface area contributed by atoms with Crippen LogP contribution in [0.5, 0.6) is 0 Å². The van der Waals surface area contributed by atoms with Crippen molar-refractivity contribution in [3.8, 4) is 6.07 Å². The van der Waals surface area contributed by atoms with E-state index in [2.05, 4.69) is 6.58 Å². The normalized spacial score (nSPS) is 17.1. The summed E-state index contributed by atoms with van der Waals surface area (Å²) >= 11 is 0. The molecule has 0 spiro atoms. The van der Waals surface area contributed by atoms with Gasteiger partial charge in [0.05, 0.1) is 36.6 Å². The number of benzene rings is 1. The maximum atomic E-state index is 13.0. The predicted octanol–water partition coefficient (Wildman–Crippen LogP) is 2.22. The molecule has 27 heavy (non-hydrogen) atoms. The summed E-state index contributed by atoms with van der Waals surface area (Å²) < 4.78 is 5.01. The fraction of sp³-hybridized carbons (Fsp3) is 0.400. The lowest BCUT2D eigenvalue weighted by atomic mass is 9.93. The van der Waals surface area contributed by atoms with Crippen molar-refractivity contribution >= 4 is 23.5 Å². The number of rotatable bonds is 7. The molecule has 0 bridgehead atoms. The van der Waals surface area contributed by atoms with Crippen LogP contribution in [0.2, 0.25) is 0 Å². The molecule has 1 saturated heterocycles. The van der Waals surface area contributed by atoms with Crippen LogP contribution >= 0.6 is 0 Å². The van der Waals surface area contributed by atoms with Crippen molar-refractivity contribution in [2.75, 3.05) is 18.1 Å². The summed E-state index contributed by atoms with van der Waals surface area (Å²) in [6, 6.07) is 8.13. The van der Waals surface area contributed by atoms with Crippen LogP contribution in [0.1, 0.15) is 32.3 Å². The molecule has 0 aromatic heterocycles. The van der Waals surface area contributed by atoms with Crippen LogP contribution in [-0.4, -0.2) is 41.9 Å². The highest BCUT2D eigenvalue weighted by Crippen LogP contribution is 2.31. The minimum atomic E-state index is -0.644. The molecular formula is C20H23N3O4. The van der Waals surface area contributed by atoms with Crippen molar-refractivity contribution in [3.63, 3.8) is 0 Å². The first-order valence-corrected chi connectivity index (χ1v) is 8.81. The maximum absolute atomic E-state index is 13.0. The van der Waals surface area contributed by atoms with Gasteiger partial charge in [-0.2, -0.15) is 5.26 Å². The van der Waals surface area contributed by atoms with E-state index in [-0.39, 0.29) is 24.8 Å². The highest BCUT2D eigenvalue weighted by molar-refractivity contribution is 5.98. The van der Waals surface area contributed by atoms with E-state index in [4.69, 9.17) is 10.00 Å². The predicted molar refractivity (Wildman–Crippen MR) is 99.4 cm³/mol. The minimum Gasteiger partial charge on any atom is -0.466 e. The van der Waals surface area contributed by atoms with Crippen molar-refractivity contribution in [3.05, 3.63) is 42.6 Å². The van der Waals surface area contributed by atoms with Gasteiger partial charge in [-0.25, -0.2) is 0 Å². The number of hydrogen-bond donors (Lipinski definition) is 0. The van der Waals surface area contributed by atoms with Crippen molar-refractivity contribution in [2.45, 2.75) is 32.7 Å². The topological polar surface area (TPSA) is 90.7 Å². The second-order valence-corrected chi connectivity index (χ2v) is 6.23. The zero-order valence-corrected chi connectivity index (χ0v) is 15.6. The second-order valence-electron chi connectivity index (χ2n) is 6.23. The third-order valence-electron chi connectivity index (χ3n) is 4.62. The van der Waals surface area contributed by atoms with E-state index in [1.807, 2.05) is 6.07 Å². The van der Waals surface area contributed by atoms with Gasteiger partial charge in [0.1, 0.15) is 0 Å². The molecule has 1 aliphatic rings. The van der Waals surface area contributed by atoms with Gasteiger partial charge in [0.25, 0.3) is 0 Å². The van der Waals surface area contributed by atoms with Crippen LogP contribution < -0.4 is 4.90 Å². The Morgan fingerprint density at radius 2 is 2.11 bits per heavy atom. The van der Waals surface area contributed by atoms with Crippen molar-refractivity contribution in [1.82, 2.24) is 4.90 Å². The Labute approximate surface area is 158 Å². The van der Waals surface area contributed by atoms with Crippen LogP contribution in [-0.2, 0) is 19.1 Å². The average molecular weight is 369 g/mol. The quantitative estimate of drug-likeness (QED) is 0.688. The van der Waals surface area contributed by atoms with Crippen LogP contribution in [0, 0.1) is 17.2 Å². The van der Waals surface area contributed by atoms with Gasteiger partial charge in [-0.1, -0.05) is 6.58 Å². The number of nitriles is 1. The number of carbonyl (C=O) groups excluding carboxylic acids is 3. The van der Waals surface area contributed by atoms with Crippen molar-refractivity contribution in [2.24, 2.45) is 5.92 Å². The standard InChI is InChI=1S/C20H23N3O4/c1-4-22(14(3)24)18(12-19(25)27-5-2)17-10-11-23(20(17)26)16-8-6-15(13-21)7-9-16/h4,6-9,17-18H,1,5,10-12H2,2-3H3/t17?,18-/m0/s1. The minimum absolute atomic E-state index is 0.0724. The van der Waals surface area contributed by atoms with E-state index in [0.717, 1.165) is 0 Å². The molecule has 0 N–H and O–H groups in total. The molecular weight excluding hydrogens is 346 g/mol. The SMILES string of the molecule is C=CN(C(C)=O)[C@@H](CC(=O)OCC)C1CCN(c2ccc(C#N)cc2)C1=O. The highest BCUT2D eigenvalue weighted by atomic mass is 16.5. The summed E-state index contributed by atoms with van der Waals surface area (Å²) in [6.45, 7) is 7.43. The summed E-state index contributed by atoms with van der Waals surface area (Å²) in [7, 11) is 0. The van der Waals surface area contributed by atoms with Crippen LogP contribution in [0.15, 0.2) is 37.0 Å². The molecule has 142 valence electrons. The maximum Gasteiger partial charge on any atom is 0.307 e. The molecule has 2 atom stereocenters. The molecule has 1 fully saturated rings. The summed E-state index contributed by atoms with van der Waals surface area (Å²) in [5.41, 5.74) is 1.20. The van der Waals surface area contributed by atoms with Gasteiger partial charge in [0.15, 0.2) is 0 Å². The van der Waals surface area contributed by atoms with E-state index in [0.29, 0.717) is 24.2 Å². The molecule has 0 radical (unpaired) electrons. The monoisotopic (exact) mass is 369 g/mol. The van der Waals surface area contributed by atoms with Gasteiger partial charge < -0.3 is 14.5 Å². The Morgan fingerprint density at radius 1 is 1.44 bits per heavy atom. The van der Waals surface area contributed by atoms with E-state index in [1.165, 1.54) is 18.0 Å². The number of ether oxygens (including phenoxy) is 1. The first kappa shape index (κ1) is 20.2. The number of amides is 2. The van der Waals surface area contributed by atoms with E-state index < -0.39 is 17.9 Å². The van der Waals surface area contributed by atoms with Gasteiger partial charge in [0, 0.05) is 19.2 Å². The number of nitrogens with zero attached hydrogens (tertiary/aromatic N) is 3. The molecule has 2 amide bonds. The third kappa shape index (κ3) is 4.53. The summed E-state index contributed by atoms with van der Waals surface area (Å²) in [6.07, 6.45) is 1.78. The zero-order chi connectivity index (χ0) is 20.0. The Kier molecular flexibility index (Phi) is 6.72. The lowest BCUT2D eigenvalue weighted by Crippen LogP contribution is -2.44. The first-order valence-electron chi connectivity index (χ1n) is 8.81. The lowest BCUT2D eigenvalue weighted by molar-refractivity contribution is -0.146. The van der Waals surface area contributed by atoms with E-state index in [1.54, 1.807) is 36.1 Å². The molecule has 1 aromatic carbocycles. The molecule has 1 aromatic rings. The van der Waals surface area contributed by atoms with E-state index in [9.17, 15) is 14.4 Å². The largest absolute Gasteiger partial charge is 0.466 e. The third-order valence-corrected chi connectivity index (χ3v) is 4.62. The van der Waals surface area contributed by atoms with E-state index >= 15 is 0 Å². The van der Waals surface area contributed by atoms with Crippen molar-refractivity contribution in [1.29, 1.82) is 5.26 Å². The summed E-state index contributed by atoms with van der Waals surface area (Å²) in [5.74, 6) is -1.45. The van der Waals surface area contributed by atoms with Gasteiger partial charge >= 0.3 is 5.97 Å². The Hall–Kier alpha value is -3.14. The molecule has 2 rings (SSSR count). The van der Waals surface area contributed by atoms with Gasteiger partial charge in [-0.3, -0.25) is 14.4 Å². The fourth-order valence-electron chi connectivity index (χ4n) is 3.35. The number of anilines is 1. The van der Waals surface area contributed by atoms with Crippen molar-refractivity contribution < 1.29 is 19.1 Å². The average Bonchev–Trinajstić information content (AvgIpc) is 3.02. The lowest BCUT2D eigenvalue weighted by Gasteiger charge is -2.31. The second kappa shape index (κ2) is 8.99. The van der Waals surface area contributed by atoms with Crippen LogP contribution in [0.3, 0.4) is 0 Å². The Balaban J connectivity index is 2.26. The van der Waals surface area contributed by atoms with Gasteiger partial charge in [0.2, 0.25) is 11.8 Å². The number of carbonyl (C=O) groups is 3. The fourth-order valence-corrected chi connectivity index (χ4v) is 3.35. The summed E-state index contributed by atoms with van der Waals surface area (Å²) in [5, 5.41) is 8.91. The number of hydrogen-bond acceptors (Lipinski definition) is 5. The molecule has 1 unspecified atom stereocenters. The molecule has 7 nitrogen and oxygen atoms in total. The molecule has 0 aliphatic carbocycles. The summed E-state index contributed by atoms with van der Waals surface area (Å²) in [4.78, 5) is 40.0. The first-order chi connectivity index (χ1) is 12.9. The smallest absolute Gasteiger partial charge is 0.307 e. The highest BCUT2D eigenvalue weighted by Gasteiger charge is 2.42. The Morgan fingerprint density at radius 3 is 2.63 bits per heavy atom. The molecule has 7 heteroatoms. The molecule has 1 aliphatic heterocycles. The van der Waals surface area contributed by atoms with Crippen LogP contribution in [0.4, 0.5) is 5.69 Å². The zero-order valence-electron chi connectivity index (χ0n) is 15.6. The van der Waals surface area contributed by atoms with Gasteiger partial charge in [-0.15, -0.1) is 0 Å². The van der Waals surface area contributed by atoms with Gasteiger partial charge in [-0.05, 0) is 43.8 Å². The Bertz CT molecular complexity index is 766.